The molecule has 2 N–H and O–H groups in total. The molecular formula is C25H34N4O3. The third-order valence-corrected chi connectivity index (χ3v) is 6.82. The maximum absolute atomic E-state index is 13.3. The maximum atomic E-state index is 13.3. The van der Waals surface area contributed by atoms with Crippen LogP contribution < -0.4 is 5.32 Å². The van der Waals surface area contributed by atoms with Gasteiger partial charge >= 0.3 is 0 Å². The summed E-state index contributed by atoms with van der Waals surface area (Å²) in [4.78, 5) is 32.0. The number of aliphatic hydroxyl groups is 1. The number of carbonyl (C=O) groups is 2. The molecule has 3 unspecified atom stereocenters. The summed E-state index contributed by atoms with van der Waals surface area (Å²) in [5, 5.41) is 13.5. The van der Waals surface area contributed by atoms with Crippen LogP contribution in [0.3, 0.4) is 0 Å². The lowest BCUT2D eigenvalue weighted by Crippen LogP contribution is -2.54. The molecule has 0 bridgehead atoms. The first kappa shape index (κ1) is 22.5. The highest BCUT2D eigenvalue weighted by Gasteiger charge is 2.38. The normalized spacial score (nSPS) is 23.2. The number of fused-ring (bicyclic) bond motifs is 1. The number of allylic oxidation sites excluding steroid dienone is 1. The van der Waals surface area contributed by atoms with Crippen molar-refractivity contribution in [3.8, 4) is 0 Å². The quantitative estimate of drug-likeness (QED) is 0.609. The average Bonchev–Trinajstić information content (AvgIpc) is 3.38. The van der Waals surface area contributed by atoms with E-state index in [2.05, 4.69) is 16.9 Å². The molecule has 7 nitrogen and oxygen atoms in total. The molecule has 172 valence electrons. The first-order chi connectivity index (χ1) is 15.3. The molecule has 2 aliphatic rings. The van der Waals surface area contributed by atoms with Crippen molar-refractivity contribution >= 4 is 23.3 Å². The molecule has 4 rings (SSSR count). The zero-order valence-electron chi connectivity index (χ0n) is 19.1. The van der Waals surface area contributed by atoms with Crippen LogP contribution in [0.5, 0.6) is 0 Å². The van der Waals surface area contributed by atoms with Gasteiger partial charge in [-0.3, -0.25) is 14.0 Å². The molecule has 2 aromatic heterocycles. The molecule has 3 atom stereocenters. The van der Waals surface area contributed by atoms with Crippen molar-refractivity contribution in [2.45, 2.75) is 70.4 Å². The molecule has 1 aliphatic carbocycles. The molecule has 1 saturated carbocycles. The smallest absolute Gasteiger partial charge is 0.274 e. The van der Waals surface area contributed by atoms with E-state index in [4.69, 9.17) is 0 Å². The highest BCUT2D eigenvalue weighted by molar-refractivity contribution is 5.94. The van der Waals surface area contributed by atoms with Crippen molar-refractivity contribution in [3.63, 3.8) is 0 Å². The van der Waals surface area contributed by atoms with Gasteiger partial charge in [-0.25, -0.2) is 4.98 Å². The van der Waals surface area contributed by atoms with Gasteiger partial charge in [0.25, 0.3) is 5.91 Å². The van der Waals surface area contributed by atoms with Gasteiger partial charge in [0.05, 0.1) is 11.6 Å². The van der Waals surface area contributed by atoms with Crippen molar-refractivity contribution < 1.29 is 14.7 Å². The summed E-state index contributed by atoms with van der Waals surface area (Å²) in [6, 6.07) is 5.22. The monoisotopic (exact) mass is 438 g/mol. The van der Waals surface area contributed by atoms with Crippen LogP contribution in [0.15, 0.2) is 37.1 Å². The molecule has 2 fully saturated rings. The largest absolute Gasteiger partial charge is 0.388 e. The number of anilines is 1. The number of hydrogen-bond donors (Lipinski definition) is 2. The molecule has 3 heterocycles. The van der Waals surface area contributed by atoms with Gasteiger partial charge in [-0.15, -0.1) is 6.58 Å². The summed E-state index contributed by atoms with van der Waals surface area (Å²) in [5.41, 5.74) is -0.0395. The molecule has 2 amide bonds. The number of amides is 2. The minimum Gasteiger partial charge on any atom is -0.388 e. The van der Waals surface area contributed by atoms with Crippen LogP contribution >= 0.6 is 0 Å². The van der Waals surface area contributed by atoms with E-state index in [-0.39, 0.29) is 17.9 Å². The minimum absolute atomic E-state index is 0.0343. The third-order valence-electron chi connectivity index (χ3n) is 6.82. The third kappa shape index (κ3) is 4.88. The molecule has 0 aromatic carbocycles. The molecule has 2 aromatic rings. The Kier molecular flexibility index (Phi) is 6.38. The lowest BCUT2D eigenvalue weighted by Gasteiger charge is -2.42. The summed E-state index contributed by atoms with van der Waals surface area (Å²) in [7, 11) is 0. The standard InChI is InChI=1S/C25H34N4O3/c1-4-17-15-18(17)9-7-13-23(30)27-22-12-8-11-21-26-19(16-29(21)22)24(31)28-14-6-5-10-20(28)25(2,3)32/h4,8,11-12,16-18,20,32H,1,5-7,9-10,13-15H2,2-3H3,(H,27,30). The second-order valence-electron chi connectivity index (χ2n) is 9.76. The number of rotatable bonds is 8. The van der Waals surface area contributed by atoms with Gasteiger partial charge in [-0.1, -0.05) is 12.1 Å². The van der Waals surface area contributed by atoms with E-state index in [0.29, 0.717) is 42.0 Å². The Morgan fingerprint density at radius 2 is 2.16 bits per heavy atom. The minimum atomic E-state index is -0.972. The van der Waals surface area contributed by atoms with Crippen LogP contribution in [0, 0.1) is 11.8 Å². The van der Waals surface area contributed by atoms with Crippen molar-refractivity contribution in [1.82, 2.24) is 14.3 Å². The van der Waals surface area contributed by atoms with E-state index in [0.717, 1.165) is 32.1 Å². The molecular weight excluding hydrogens is 404 g/mol. The van der Waals surface area contributed by atoms with E-state index >= 15 is 0 Å². The van der Waals surface area contributed by atoms with Crippen molar-refractivity contribution in [2.75, 3.05) is 11.9 Å². The molecule has 0 radical (unpaired) electrons. The molecule has 32 heavy (non-hydrogen) atoms. The Hall–Kier alpha value is -2.67. The fourth-order valence-corrected chi connectivity index (χ4v) is 4.89. The Balaban J connectivity index is 1.45. The van der Waals surface area contributed by atoms with Crippen LogP contribution in [0.2, 0.25) is 0 Å². The Morgan fingerprint density at radius 1 is 1.34 bits per heavy atom. The Morgan fingerprint density at radius 3 is 2.88 bits per heavy atom. The average molecular weight is 439 g/mol. The van der Waals surface area contributed by atoms with E-state index in [1.807, 2.05) is 24.3 Å². The summed E-state index contributed by atoms with van der Waals surface area (Å²) in [6.07, 6.45) is 9.96. The van der Waals surface area contributed by atoms with Gasteiger partial charge in [0, 0.05) is 19.2 Å². The summed E-state index contributed by atoms with van der Waals surface area (Å²) in [5.74, 6) is 1.71. The van der Waals surface area contributed by atoms with Crippen molar-refractivity contribution in [2.24, 2.45) is 11.8 Å². The topological polar surface area (TPSA) is 86.9 Å². The van der Waals surface area contributed by atoms with E-state index in [1.165, 1.54) is 6.42 Å². The van der Waals surface area contributed by atoms with Crippen LogP contribution in [-0.2, 0) is 4.79 Å². The van der Waals surface area contributed by atoms with Gasteiger partial charge in [-0.05, 0) is 76.3 Å². The number of pyridine rings is 1. The number of nitrogens with zero attached hydrogens (tertiary/aromatic N) is 3. The van der Waals surface area contributed by atoms with Gasteiger partial charge < -0.3 is 15.3 Å². The van der Waals surface area contributed by atoms with Crippen LogP contribution in [0.25, 0.3) is 5.65 Å². The highest BCUT2D eigenvalue weighted by atomic mass is 16.3. The molecule has 1 saturated heterocycles. The van der Waals surface area contributed by atoms with Crippen LogP contribution in [-0.4, -0.2) is 49.4 Å². The molecule has 1 aliphatic heterocycles. The number of likely N-dealkylation sites (tertiary alicyclic amines) is 1. The second kappa shape index (κ2) is 9.06. The fourth-order valence-electron chi connectivity index (χ4n) is 4.89. The van der Waals surface area contributed by atoms with Gasteiger partial charge in [0.2, 0.25) is 5.91 Å². The lowest BCUT2D eigenvalue weighted by molar-refractivity contribution is -0.116. The van der Waals surface area contributed by atoms with Gasteiger partial charge in [0.15, 0.2) is 0 Å². The predicted molar refractivity (Wildman–Crippen MR) is 124 cm³/mol. The number of piperidine rings is 1. The fraction of sp³-hybridized carbons (Fsp3) is 0.560. The van der Waals surface area contributed by atoms with Crippen molar-refractivity contribution in [1.29, 1.82) is 0 Å². The zero-order chi connectivity index (χ0) is 22.9. The number of hydrogen-bond acceptors (Lipinski definition) is 4. The maximum Gasteiger partial charge on any atom is 0.274 e. The number of aromatic nitrogens is 2. The lowest BCUT2D eigenvalue weighted by atomic mass is 9.89. The number of carbonyl (C=O) groups excluding carboxylic acids is 2. The Labute approximate surface area is 189 Å². The van der Waals surface area contributed by atoms with E-state index in [1.54, 1.807) is 29.3 Å². The SMILES string of the molecule is C=CC1CC1CCCC(=O)Nc1cccc2nc(C(=O)N3CCCCC3C(C)(C)O)cn12. The first-order valence-electron chi connectivity index (χ1n) is 11.7. The summed E-state index contributed by atoms with van der Waals surface area (Å²) >= 11 is 0. The van der Waals surface area contributed by atoms with Gasteiger partial charge in [0.1, 0.15) is 17.2 Å². The zero-order valence-corrected chi connectivity index (χ0v) is 19.1. The highest BCUT2D eigenvalue weighted by Crippen LogP contribution is 2.42. The van der Waals surface area contributed by atoms with E-state index in [9.17, 15) is 14.7 Å². The molecule has 0 spiro atoms. The van der Waals surface area contributed by atoms with Crippen molar-refractivity contribution in [3.05, 3.63) is 42.7 Å². The Bertz CT molecular complexity index is 1010. The van der Waals surface area contributed by atoms with Crippen LogP contribution in [0.4, 0.5) is 5.82 Å². The van der Waals surface area contributed by atoms with Gasteiger partial charge in [-0.2, -0.15) is 0 Å². The number of nitrogens with one attached hydrogen (secondary N) is 1. The second-order valence-corrected chi connectivity index (χ2v) is 9.76. The summed E-state index contributed by atoms with van der Waals surface area (Å²) < 4.78 is 1.75. The van der Waals surface area contributed by atoms with Crippen LogP contribution in [0.1, 0.15) is 69.3 Å². The first-order valence-corrected chi connectivity index (χ1v) is 11.7. The van der Waals surface area contributed by atoms with E-state index < -0.39 is 5.60 Å². The predicted octanol–water partition coefficient (Wildman–Crippen LogP) is 4.03. The number of imidazole rings is 1. The molecule has 7 heteroatoms. The summed E-state index contributed by atoms with van der Waals surface area (Å²) in [6.45, 7) is 7.95.